The number of aromatic nitrogens is 2. The second-order valence-electron chi connectivity index (χ2n) is 14.9. The second kappa shape index (κ2) is 17.8. The molecule has 1 saturated carbocycles. The van der Waals surface area contributed by atoms with Crippen molar-refractivity contribution in [2.75, 3.05) is 6.54 Å². The molecule has 0 spiro atoms. The molecule has 4 rings (SSSR count). The van der Waals surface area contributed by atoms with Gasteiger partial charge in [0.25, 0.3) is 0 Å². The maximum absolute atomic E-state index is 14.3. The van der Waals surface area contributed by atoms with Gasteiger partial charge >= 0.3 is 0 Å². The first-order valence-electron chi connectivity index (χ1n) is 18.0. The summed E-state index contributed by atoms with van der Waals surface area (Å²) < 4.78 is 27.6. The van der Waals surface area contributed by atoms with Crippen molar-refractivity contribution in [1.29, 1.82) is 0 Å². The number of fused-ring (bicyclic) bond motifs is 1. The van der Waals surface area contributed by atoms with Crippen molar-refractivity contribution in [3.63, 3.8) is 0 Å². The molecule has 1 N–H and O–H groups in total. The first kappa shape index (κ1) is 39.6. The molecule has 2 aromatic rings. The van der Waals surface area contributed by atoms with E-state index in [4.69, 9.17) is 0 Å². The van der Waals surface area contributed by atoms with Gasteiger partial charge in [0.15, 0.2) is 17.3 Å². The number of Topliss-reactive ketones (excluding diaryl/α,β-unsaturated/α-hetero) is 4. The molecule has 2 aliphatic rings. The van der Waals surface area contributed by atoms with Gasteiger partial charge < -0.3 is 10.2 Å². The summed E-state index contributed by atoms with van der Waals surface area (Å²) in [6.45, 7) is 9.19. The van der Waals surface area contributed by atoms with Crippen molar-refractivity contribution >= 4 is 34.9 Å². The number of halogens is 2. The summed E-state index contributed by atoms with van der Waals surface area (Å²) in [5.74, 6) is -7.08. The van der Waals surface area contributed by atoms with Gasteiger partial charge in [-0.15, -0.1) is 0 Å². The number of rotatable bonds is 18. The van der Waals surface area contributed by atoms with E-state index in [0.29, 0.717) is 6.42 Å². The molecule has 10 nitrogen and oxygen atoms in total. The fourth-order valence-corrected chi connectivity index (χ4v) is 7.64. The molecule has 1 aromatic heterocycles. The summed E-state index contributed by atoms with van der Waals surface area (Å²) in [6, 6.07) is 7.09. The average Bonchev–Trinajstić information content (AvgIpc) is 3.70. The molecular weight excluding hydrogens is 658 g/mol. The maximum Gasteiger partial charge on any atom is 0.246 e. The van der Waals surface area contributed by atoms with Crippen LogP contribution in [0.2, 0.25) is 0 Å². The van der Waals surface area contributed by atoms with Crippen LogP contribution < -0.4 is 5.32 Å². The number of likely N-dealkylation sites (tertiary alicyclic amines) is 1. The summed E-state index contributed by atoms with van der Waals surface area (Å²) in [4.78, 5) is 90.9. The highest BCUT2D eigenvalue weighted by molar-refractivity contribution is 6.38. The predicted octanol–water partition coefficient (Wildman–Crippen LogP) is 5.65. The van der Waals surface area contributed by atoms with E-state index in [2.05, 4.69) is 15.3 Å². The lowest BCUT2D eigenvalue weighted by molar-refractivity contribution is -0.145. The van der Waals surface area contributed by atoms with Crippen LogP contribution in [0.5, 0.6) is 0 Å². The zero-order valence-corrected chi connectivity index (χ0v) is 30.1. The smallest absolute Gasteiger partial charge is 0.246 e. The summed E-state index contributed by atoms with van der Waals surface area (Å²) in [5, 5.41) is 2.86. The van der Waals surface area contributed by atoms with Gasteiger partial charge in [-0.3, -0.25) is 33.8 Å². The Kier molecular flexibility index (Phi) is 13.8. The molecule has 0 radical (unpaired) electrons. The standard InChI is InChI=1S/C39H50F2N4O6/c1-22(2)29(19-31(46)30-20-42-14-15-43-30)38(50)44-35(23(3)4)39(51)45-21-26-12-9-13-28(26)36(45)32(47)17-27(18-34(40)41)37(49)33(48)16-24(5)25-10-7-6-8-11-25/h6-8,10-11,14-15,20,22-24,26-29,34-36H,9,12-13,16-19,21H2,1-5H3,(H,44,50)/t24-,26?,27?,28+,29-,35+,36+/m1/s1. The largest absolute Gasteiger partial charge is 0.344 e. The molecule has 276 valence electrons. The van der Waals surface area contributed by atoms with E-state index in [0.717, 1.165) is 18.4 Å². The van der Waals surface area contributed by atoms with Crippen molar-refractivity contribution in [1.82, 2.24) is 20.2 Å². The third-order valence-corrected chi connectivity index (χ3v) is 10.5. The van der Waals surface area contributed by atoms with Crippen molar-refractivity contribution in [3.8, 4) is 0 Å². The normalized spacial score (nSPS) is 20.9. The van der Waals surface area contributed by atoms with Crippen molar-refractivity contribution in [2.45, 2.75) is 104 Å². The van der Waals surface area contributed by atoms with E-state index in [1.165, 1.54) is 23.5 Å². The monoisotopic (exact) mass is 708 g/mol. The fourth-order valence-electron chi connectivity index (χ4n) is 7.64. The Balaban J connectivity index is 1.51. The average molecular weight is 709 g/mol. The lowest BCUT2D eigenvalue weighted by Gasteiger charge is -2.33. The van der Waals surface area contributed by atoms with Crippen LogP contribution in [-0.4, -0.2) is 74.9 Å². The number of hydrogen-bond acceptors (Lipinski definition) is 8. The van der Waals surface area contributed by atoms with Gasteiger partial charge in [-0.2, -0.15) is 0 Å². The number of carbonyl (C=O) groups is 6. The first-order valence-corrected chi connectivity index (χ1v) is 18.0. The minimum Gasteiger partial charge on any atom is -0.344 e. The zero-order chi connectivity index (χ0) is 37.4. The van der Waals surface area contributed by atoms with Crippen molar-refractivity contribution in [2.24, 2.45) is 35.5 Å². The van der Waals surface area contributed by atoms with Gasteiger partial charge in [-0.25, -0.2) is 13.8 Å². The number of nitrogens with one attached hydrogen (secondary N) is 1. The van der Waals surface area contributed by atoms with Crippen LogP contribution in [-0.2, 0) is 24.0 Å². The van der Waals surface area contributed by atoms with Gasteiger partial charge in [-0.05, 0) is 48.0 Å². The number of amides is 2. The molecule has 7 atom stereocenters. The van der Waals surface area contributed by atoms with Crippen LogP contribution in [0.25, 0.3) is 0 Å². The summed E-state index contributed by atoms with van der Waals surface area (Å²) in [6.07, 6.45) is 1.71. The Morgan fingerprint density at radius 3 is 2.22 bits per heavy atom. The van der Waals surface area contributed by atoms with E-state index < -0.39 is 78.3 Å². The molecule has 1 aromatic carbocycles. The fraction of sp³-hybridized carbons (Fsp3) is 0.590. The summed E-state index contributed by atoms with van der Waals surface area (Å²) in [7, 11) is 0. The maximum atomic E-state index is 14.3. The first-order chi connectivity index (χ1) is 24.2. The zero-order valence-electron chi connectivity index (χ0n) is 30.1. The highest BCUT2D eigenvalue weighted by Crippen LogP contribution is 2.44. The SMILES string of the molecule is CC(C)[C@H](NC(=O)[C@H](CC(=O)c1cnccn1)C(C)C)C(=O)N1CC2CCC[C@@H]2[C@H]1C(=O)CC(CC(F)F)C(=O)C(=O)C[C@@H](C)c1ccccc1. The third-order valence-electron chi connectivity index (χ3n) is 10.5. The van der Waals surface area contributed by atoms with E-state index in [1.54, 1.807) is 34.6 Å². The van der Waals surface area contributed by atoms with Crippen LogP contribution in [0.4, 0.5) is 8.78 Å². The molecule has 2 amide bonds. The highest BCUT2D eigenvalue weighted by atomic mass is 19.3. The van der Waals surface area contributed by atoms with E-state index in [-0.39, 0.29) is 54.5 Å². The van der Waals surface area contributed by atoms with Gasteiger partial charge in [0.05, 0.1) is 12.2 Å². The minimum atomic E-state index is -2.91. The van der Waals surface area contributed by atoms with E-state index >= 15 is 0 Å². The number of carbonyl (C=O) groups excluding carboxylic acids is 6. The number of hydrogen-bond donors (Lipinski definition) is 1. The Morgan fingerprint density at radius 1 is 0.902 bits per heavy atom. The molecule has 1 aliphatic carbocycles. The van der Waals surface area contributed by atoms with Crippen LogP contribution in [0.3, 0.4) is 0 Å². The number of alkyl halides is 2. The quantitative estimate of drug-likeness (QED) is 0.155. The summed E-state index contributed by atoms with van der Waals surface area (Å²) >= 11 is 0. The molecule has 2 fully saturated rings. The Labute approximate surface area is 298 Å². The molecule has 2 unspecified atom stereocenters. The molecule has 2 heterocycles. The molecule has 51 heavy (non-hydrogen) atoms. The lowest BCUT2D eigenvalue weighted by Crippen LogP contribution is -2.56. The topological polar surface area (TPSA) is 143 Å². The van der Waals surface area contributed by atoms with E-state index in [9.17, 15) is 37.5 Å². The summed E-state index contributed by atoms with van der Waals surface area (Å²) in [5.41, 5.74) is 0.963. The highest BCUT2D eigenvalue weighted by Gasteiger charge is 2.51. The van der Waals surface area contributed by atoms with Crippen LogP contribution in [0, 0.1) is 35.5 Å². The predicted molar refractivity (Wildman–Crippen MR) is 186 cm³/mol. The number of ketones is 4. The second-order valence-corrected chi connectivity index (χ2v) is 14.9. The Hall–Kier alpha value is -4.22. The van der Waals surface area contributed by atoms with Crippen LogP contribution in [0.1, 0.15) is 102 Å². The molecule has 1 saturated heterocycles. The van der Waals surface area contributed by atoms with Gasteiger partial charge in [0.1, 0.15) is 11.7 Å². The third kappa shape index (κ3) is 9.98. The number of benzene rings is 1. The minimum absolute atomic E-state index is 0.0111. The molecule has 0 bridgehead atoms. The lowest BCUT2D eigenvalue weighted by atomic mass is 9.83. The molecular formula is C39H50F2N4O6. The van der Waals surface area contributed by atoms with Crippen molar-refractivity contribution < 1.29 is 37.5 Å². The van der Waals surface area contributed by atoms with Crippen molar-refractivity contribution in [3.05, 3.63) is 60.2 Å². The van der Waals surface area contributed by atoms with Crippen LogP contribution >= 0.6 is 0 Å². The Bertz CT molecular complexity index is 1550. The molecule has 1 aliphatic heterocycles. The van der Waals surface area contributed by atoms with E-state index in [1.807, 2.05) is 30.3 Å². The van der Waals surface area contributed by atoms with Gasteiger partial charge in [-0.1, -0.05) is 71.4 Å². The molecule has 12 heteroatoms. The van der Waals surface area contributed by atoms with Gasteiger partial charge in [0.2, 0.25) is 24.0 Å². The Morgan fingerprint density at radius 2 is 1.61 bits per heavy atom. The van der Waals surface area contributed by atoms with Gasteiger partial charge in [0, 0.05) is 56.5 Å². The van der Waals surface area contributed by atoms with Crippen LogP contribution in [0.15, 0.2) is 48.9 Å². The number of nitrogens with zero attached hydrogens (tertiary/aromatic N) is 3.